The van der Waals surface area contributed by atoms with E-state index in [9.17, 15) is 28.8 Å². The number of nitrogens with one attached hydrogen (secondary N) is 7. The largest absolute Gasteiger partial charge is 0.355 e. The highest BCUT2D eigenvalue weighted by molar-refractivity contribution is 5.90. The SMILES string of the molecule is NCCCC[C@H](N)C(=O)NCCCC[C@H](NC(=O)[C@@H](N)CCCCN)C(=O)NCCNCCNC(=O)[C@H](CCCCNC(=O)[C@@H](N)CCCCN)NC(=O)[C@@H](N)CCCCN. The quantitative estimate of drug-likeness (QED) is 0.0262. The van der Waals surface area contributed by atoms with E-state index in [0.29, 0.717) is 129 Å². The van der Waals surface area contributed by atoms with Crippen molar-refractivity contribution >= 4 is 35.4 Å². The predicted octanol–water partition coefficient (Wildman–Crippen LogP) is -3.82. The maximum atomic E-state index is 13.2. The Hall–Kier alpha value is -3.54. The van der Waals surface area contributed by atoms with Gasteiger partial charge in [0, 0.05) is 39.3 Å². The summed E-state index contributed by atoms with van der Waals surface area (Å²) in [5.74, 6) is -2.05. The zero-order valence-corrected chi connectivity index (χ0v) is 36.8. The molecule has 0 aromatic heterocycles. The summed E-state index contributed by atoms with van der Waals surface area (Å²) in [6.07, 6.45) is 10.9. The number of hydrogen-bond acceptors (Lipinski definition) is 15. The van der Waals surface area contributed by atoms with Crippen LogP contribution in [-0.4, -0.2) is 137 Å². The summed E-state index contributed by atoms with van der Waals surface area (Å²) in [5.41, 5.74) is 46.2. The van der Waals surface area contributed by atoms with Gasteiger partial charge in [-0.25, -0.2) is 0 Å². The second-order valence-electron chi connectivity index (χ2n) is 15.6. The third-order valence-electron chi connectivity index (χ3n) is 10.1. The number of carbonyl (C=O) groups excluding carboxylic acids is 6. The molecule has 21 heteroatoms. The van der Waals surface area contributed by atoms with Crippen LogP contribution in [0.15, 0.2) is 0 Å². The molecule has 0 aromatic rings. The standard InChI is InChI=1S/C40H85N15O6/c41-19-7-1-13-29(45)35(56)50-23-11-5-17-33(54-37(58)31(47)15-3-9-21-43)39(60)52-27-25-49-26-28-53-40(61)34(55-38(59)32(48)16-4-10-22-44)18-6-12-24-51-36(57)30(46)14-2-8-20-42/h29-34,49H,1-28,41-48H2,(H,50,56)(H,51,57)(H,52,60)(H,53,61)(H,54,58)(H,55,59)/t29-,30-,31-,32-,33-,34-/m0/s1. The van der Waals surface area contributed by atoms with E-state index < -0.39 is 48.1 Å². The molecule has 6 atom stereocenters. The number of nitrogens with two attached hydrogens (primary N) is 8. The van der Waals surface area contributed by atoms with Gasteiger partial charge < -0.3 is 83.1 Å². The summed E-state index contributed by atoms with van der Waals surface area (Å²) in [5, 5.41) is 20.1. The monoisotopic (exact) mass is 872 g/mol. The van der Waals surface area contributed by atoms with E-state index in [4.69, 9.17) is 45.9 Å². The fourth-order valence-corrected chi connectivity index (χ4v) is 6.21. The average Bonchev–Trinajstić information content (AvgIpc) is 3.24. The number of hydrogen-bond donors (Lipinski definition) is 15. The van der Waals surface area contributed by atoms with Crippen LogP contribution in [0.1, 0.15) is 116 Å². The van der Waals surface area contributed by atoms with Crippen LogP contribution >= 0.6 is 0 Å². The van der Waals surface area contributed by atoms with Crippen LogP contribution in [0.4, 0.5) is 0 Å². The van der Waals surface area contributed by atoms with Crippen molar-refractivity contribution in [1.29, 1.82) is 0 Å². The molecular formula is C40H85N15O6. The first-order valence-corrected chi connectivity index (χ1v) is 22.6. The van der Waals surface area contributed by atoms with Gasteiger partial charge in [-0.3, -0.25) is 28.8 Å². The van der Waals surface area contributed by atoms with E-state index in [1.165, 1.54) is 0 Å². The molecule has 0 aliphatic rings. The van der Waals surface area contributed by atoms with E-state index in [1.807, 2.05) is 0 Å². The van der Waals surface area contributed by atoms with Gasteiger partial charge in [-0.05, 0) is 116 Å². The first-order valence-electron chi connectivity index (χ1n) is 22.6. The average molecular weight is 872 g/mol. The van der Waals surface area contributed by atoms with Crippen LogP contribution in [-0.2, 0) is 28.8 Å². The van der Waals surface area contributed by atoms with Crippen molar-refractivity contribution in [2.45, 2.75) is 152 Å². The first kappa shape index (κ1) is 57.5. The fraction of sp³-hybridized carbons (Fsp3) is 0.850. The molecule has 0 aromatic carbocycles. The maximum absolute atomic E-state index is 13.2. The van der Waals surface area contributed by atoms with Crippen LogP contribution in [0.2, 0.25) is 0 Å². The lowest BCUT2D eigenvalue weighted by Gasteiger charge is -2.21. The zero-order valence-electron chi connectivity index (χ0n) is 36.8. The first-order chi connectivity index (χ1) is 29.3. The normalized spacial score (nSPS) is 14.2. The van der Waals surface area contributed by atoms with Crippen molar-refractivity contribution in [2.24, 2.45) is 45.9 Å². The summed E-state index contributed by atoms with van der Waals surface area (Å²) < 4.78 is 0. The summed E-state index contributed by atoms with van der Waals surface area (Å²) in [7, 11) is 0. The van der Waals surface area contributed by atoms with Crippen LogP contribution in [0, 0.1) is 0 Å². The molecule has 0 spiro atoms. The highest BCUT2D eigenvalue weighted by atomic mass is 16.2. The number of rotatable bonds is 40. The second kappa shape index (κ2) is 38.2. The highest BCUT2D eigenvalue weighted by Crippen LogP contribution is 2.07. The van der Waals surface area contributed by atoms with Crippen molar-refractivity contribution in [2.75, 3.05) is 65.4 Å². The maximum Gasteiger partial charge on any atom is 0.242 e. The summed E-state index contributed by atoms with van der Waals surface area (Å²) in [6.45, 7) is 4.09. The molecule has 0 aliphatic heterocycles. The number of amides is 6. The van der Waals surface area contributed by atoms with Gasteiger partial charge in [-0.2, -0.15) is 0 Å². The number of unbranched alkanes of at least 4 members (excludes halogenated alkanes) is 6. The molecule has 0 fully saturated rings. The molecule has 0 unspecified atom stereocenters. The third kappa shape index (κ3) is 30.2. The van der Waals surface area contributed by atoms with Gasteiger partial charge in [0.25, 0.3) is 0 Å². The van der Waals surface area contributed by atoms with Crippen molar-refractivity contribution in [3.05, 3.63) is 0 Å². The van der Waals surface area contributed by atoms with Gasteiger partial charge in [0.05, 0.1) is 24.2 Å². The Balaban J connectivity index is 5.01. The van der Waals surface area contributed by atoms with Crippen LogP contribution in [0.25, 0.3) is 0 Å². The molecule has 0 bridgehead atoms. The van der Waals surface area contributed by atoms with E-state index in [0.717, 1.165) is 38.5 Å². The Labute approximate surface area is 364 Å². The molecule has 0 radical (unpaired) electrons. The molecule has 0 saturated carbocycles. The lowest BCUT2D eigenvalue weighted by atomic mass is 10.1. The minimum atomic E-state index is -0.831. The zero-order chi connectivity index (χ0) is 45.7. The van der Waals surface area contributed by atoms with Crippen molar-refractivity contribution in [1.82, 2.24) is 37.2 Å². The van der Waals surface area contributed by atoms with Crippen molar-refractivity contribution < 1.29 is 28.8 Å². The van der Waals surface area contributed by atoms with E-state index in [-0.39, 0.29) is 36.7 Å². The smallest absolute Gasteiger partial charge is 0.242 e. The third-order valence-corrected chi connectivity index (χ3v) is 10.1. The molecule has 61 heavy (non-hydrogen) atoms. The van der Waals surface area contributed by atoms with Gasteiger partial charge in [-0.1, -0.05) is 25.7 Å². The Bertz CT molecular complexity index is 1120. The Morgan fingerprint density at radius 1 is 0.311 bits per heavy atom. The molecule has 0 saturated heterocycles. The summed E-state index contributed by atoms with van der Waals surface area (Å²) >= 11 is 0. The summed E-state index contributed by atoms with van der Waals surface area (Å²) in [6, 6.07) is -4.43. The van der Waals surface area contributed by atoms with E-state index in [1.54, 1.807) is 0 Å². The van der Waals surface area contributed by atoms with Gasteiger partial charge >= 0.3 is 0 Å². The van der Waals surface area contributed by atoms with Crippen LogP contribution in [0.3, 0.4) is 0 Å². The molecule has 6 amide bonds. The molecule has 0 aliphatic carbocycles. The lowest BCUT2D eigenvalue weighted by molar-refractivity contribution is -0.130. The van der Waals surface area contributed by atoms with E-state index in [2.05, 4.69) is 37.2 Å². The number of carbonyl (C=O) groups is 6. The van der Waals surface area contributed by atoms with Crippen LogP contribution in [0.5, 0.6) is 0 Å². The molecule has 356 valence electrons. The summed E-state index contributed by atoms with van der Waals surface area (Å²) in [4.78, 5) is 76.7. The minimum absolute atomic E-state index is 0.235. The molecule has 23 N–H and O–H groups in total. The molecule has 0 heterocycles. The van der Waals surface area contributed by atoms with Crippen LogP contribution < -0.4 is 83.1 Å². The highest BCUT2D eigenvalue weighted by Gasteiger charge is 2.25. The topological polar surface area (TPSA) is 395 Å². The van der Waals surface area contributed by atoms with E-state index >= 15 is 0 Å². The Morgan fingerprint density at radius 3 is 0.902 bits per heavy atom. The second-order valence-corrected chi connectivity index (χ2v) is 15.6. The molecular weight excluding hydrogens is 787 g/mol. The van der Waals surface area contributed by atoms with Gasteiger partial charge in [0.2, 0.25) is 35.4 Å². The fourth-order valence-electron chi connectivity index (χ4n) is 6.21. The lowest BCUT2D eigenvalue weighted by Crippen LogP contribution is -2.52. The van der Waals surface area contributed by atoms with Gasteiger partial charge in [0.15, 0.2) is 0 Å². The van der Waals surface area contributed by atoms with Gasteiger partial charge in [-0.15, -0.1) is 0 Å². The Kier molecular flexibility index (Phi) is 35.9. The minimum Gasteiger partial charge on any atom is -0.355 e. The van der Waals surface area contributed by atoms with Crippen molar-refractivity contribution in [3.8, 4) is 0 Å². The molecule has 21 nitrogen and oxygen atoms in total. The Morgan fingerprint density at radius 2 is 0.590 bits per heavy atom. The van der Waals surface area contributed by atoms with Crippen molar-refractivity contribution in [3.63, 3.8) is 0 Å². The predicted molar refractivity (Wildman–Crippen MR) is 240 cm³/mol. The molecule has 0 rings (SSSR count). The van der Waals surface area contributed by atoms with Gasteiger partial charge in [0.1, 0.15) is 12.1 Å².